The van der Waals surface area contributed by atoms with Crippen LogP contribution in [0.3, 0.4) is 0 Å². The maximum Gasteiger partial charge on any atom is 0.335 e. The Kier molecular flexibility index (Phi) is 4.16. The zero-order chi connectivity index (χ0) is 13.8. The third kappa shape index (κ3) is 3.54. The lowest BCUT2D eigenvalue weighted by atomic mass is 10.2. The van der Waals surface area contributed by atoms with Crippen molar-refractivity contribution >= 4 is 21.9 Å². The molecule has 0 aliphatic heterocycles. The predicted octanol–water partition coefficient (Wildman–Crippen LogP) is 3.90. The molecule has 0 aliphatic carbocycles. The third-order valence-corrected chi connectivity index (χ3v) is 3.03. The molecule has 1 N–H and O–H groups in total. The number of carboxylic acids is 1. The van der Waals surface area contributed by atoms with Crippen LogP contribution in [0, 0.1) is 0 Å². The molecule has 0 saturated heterocycles. The van der Waals surface area contributed by atoms with Crippen molar-refractivity contribution in [3.05, 3.63) is 52.1 Å². The molecule has 0 atom stereocenters. The number of benzene rings is 1. The van der Waals surface area contributed by atoms with Crippen LogP contribution >= 0.6 is 15.9 Å². The van der Waals surface area contributed by atoms with E-state index in [9.17, 15) is 4.79 Å². The van der Waals surface area contributed by atoms with Crippen molar-refractivity contribution in [2.45, 2.75) is 13.3 Å². The summed E-state index contributed by atoms with van der Waals surface area (Å²) in [5.41, 5.74) is 0.867. The number of aromatic carboxylic acids is 1. The largest absolute Gasteiger partial charge is 0.478 e. The van der Waals surface area contributed by atoms with Gasteiger partial charge in [-0.3, -0.25) is 0 Å². The molecule has 0 radical (unpaired) electrons. The fourth-order valence-corrected chi connectivity index (χ4v) is 1.80. The van der Waals surface area contributed by atoms with Crippen LogP contribution in [0.1, 0.15) is 23.0 Å². The average molecular weight is 322 g/mol. The normalized spacial score (nSPS) is 10.2. The molecule has 1 aromatic heterocycles. The van der Waals surface area contributed by atoms with Gasteiger partial charge in [0.05, 0.1) is 5.56 Å². The Bertz CT molecular complexity index is 596. The first-order chi connectivity index (χ1) is 9.08. The lowest BCUT2D eigenvalue weighted by Crippen LogP contribution is -2.01. The number of rotatable bonds is 4. The standard InChI is InChI=1S/C14H12BrNO3/c1-2-11-7-9(14(17)18)8-13(16-11)19-12-5-3-10(15)4-6-12/h3-8H,2H2,1H3,(H,17,18). The smallest absolute Gasteiger partial charge is 0.335 e. The summed E-state index contributed by atoms with van der Waals surface area (Å²) in [7, 11) is 0. The number of hydrogen-bond donors (Lipinski definition) is 1. The zero-order valence-corrected chi connectivity index (χ0v) is 11.8. The summed E-state index contributed by atoms with van der Waals surface area (Å²) in [6.45, 7) is 1.91. The summed E-state index contributed by atoms with van der Waals surface area (Å²) in [5.74, 6) is -0.0860. The van der Waals surface area contributed by atoms with E-state index >= 15 is 0 Å². The number of aryl methyl sites for hydroxylation is 1. The summed E-state index contributed by atoms with van der Waals surface area (Å²) < 4.78 is 6.52. The highest BCUT2D eigenvalue weighted by atomic mass is 79.9. The molecule has 2 rings (SSSR count). The first-order valence-corrected chi connectivity index (χ1v) is 6.55. The van der Waals surface area contributed by atoms with Crippen molar-refractivity contribution in [3.8, 4) is 11.6 Å². The minimum absolute atomic E-state index is 0.180. The minimum atomic E-state index is -0.988. The topological polar surface area (TPSA) is 59.4 Å². The molecule has 0 fully saturated rings. The van der Waals surface area contributed by atoms with Crippen molar-refractivity contribution in [2.75, 3.05) is 0 Å². The van der Waals surface area contributed by atoms with Crippen LogP contribution in [-0.4, -0.2) is 16.1 Å². The summed E-state index contributed by atoms with van der Waals surface area (Å²) in [6, 6.07) is 10.2. The number of pyridine rings is 1. The number of aromatic nitrogens is 1. The van der Waals surface area contributed by atoms with Gasteiger partial charge in [0.15, 0.2) is 0 Å². The van der Waals surface area contributed by atoms with Crippen LogP contribution in [0.2, 0.25) is 0 Å². The van der Waals surface area contributed by atoms with Crippen molar-refractivity contribution in [2.24, 2.45) is 0 Å². The monoisotopic (exact) mass is 321 g/mol. The Hall–Kier alpha value is -1.88. The first-order valence-electron chi connectivity index (χ1n) is 5.76. The van der Waals surface area contributed by atoms with Gasteiger partial charge in [-0.15, -0.1) is 0 Å². The van der Waals surface area contributed by atoms with Gasteiger partial charge in [-0.25, -0.2) is 9.78 Å². The highest BCUT2D eigenvalue weighted by Crippen LogP contribution is 2.23. The van der Waals surface area contributed by atoms with E-state index in [0.717, 1.165) is 4.47 Å². The average Bonchev–Trinajstić information content (AvgIpc) is 2.41. The quantitative estimate of drug-likeness (QED) is 0.927. The van der Waals surface area contributed by atoms with Gasteiger partial charge in [-0.05, 0) is 36.8 Å². The zero-order valence-electron chi connectivity index (χ0n) is 10.3. The fraction of sp³-hybridized carbons (Fsp3) is 0.143. The second-order valence-electron chi connectivity index (χ2n) is 3.90. The maximum atomic E-state index is 11.0. The number of carboxylic acid groups (broad SMARTS) is 1. The van der Waals surface area contributed by atoms with Gasteiger partial charge in [0.25, 0.3) is 0 Å². The number of halogens is 1. The molecular formula is C14H12BrNO3. The molecule has 98 valence electrons. The molecule has 0 amide bonds. The Morgan fingerprint density at radius 3 is 2.58 bits per heavy atom. The van der Waals surface area contributed by atoms with Gasteiger partial charge in [-0.2, -0.15) is 0 Å². The molecule has 5 heteroatoms. The lowest BCUT2D eigenvalue weighted by molar-refractivity contribution is 0.0696. The van der Waals surface area contributed by atoms with Crippen molar-refractivity contribution < 1.29 is 14.6 Å². The molecule has 0 unspecified atom stereocenters. The summed E-state index contributed by atoms with van der Waals surface area (Å²) in [6.07, 6.45) is 0.651. The van der Waals surface area contributed by atoms with E-state index in [0.29, 0.717) is 23.7 Å². The van der Waals surface area contributed by atoms with E-state index in [1.807, 2.05) is 19.1 Å². The highest BCUT2D eigenvalue weighted by Gasteiger charge is 2.09. The number of hydrogen-bond acceptors (Lipinski definition) is 3. The van der Waals surface area contributed by atoms with Gasteiger partial charge >= 0.3 is 5.97 Å². The van der Waals surface area contributed by atoms with E-state index in [-0.39, 0.29) is 5.56 Å². The Morgan fingerprint density at radius 1 is 1.32 bits per heavy atom. The van der Waals surface area contributed by atoms with E-state index in [2.05, 4.69) is 20.9 Å². The maximum absolute atomic E-state index is 11.0. The molecule has 2 aromatic rings. The van der Waals surface area contributed by atoms with E-state index in [4.69, 9.17) is 9.84 Å². The summed E-state index contributed by atoms with van der Waals surface area (Å²) >= 11 is 3.34. The Morgan fingerprint density at radius 2 is 2.00 bits per heavy atom. The highest BCUT2D eigenvalue weighted by molar-refractivity contribution is 9.10. The molecule has 0 spiro atoms. The molecule has 19 heavy (non-hydrogen) atoms. The van der Waals surface area contributed by atoms with Crippen LogP contribution < -0.4 is 4.74 Å². The number of ether oxygens (including phenoxy) is 1. The molecule has 0 aliphatic rings. The first kappa shape index (κ1) is 13.5. The molecule has 0 bridgehead atoms. The molecule has 1 heterocycles. The van der Waals surface area contributed by atoms with Gasteiger partial charge in [0.1, 0.15) is 5.75 Å². The molecule has 0 saturated carbocycles. The van der Waals surface area contributed by atoms with Gasteiger partial charge in [-0.1, -0.05) is 22.9 Å². The van der Waals surface area contributed by atoms with Crippen LogP contribution in [0.4, 0.5) is 0 Å². The molecular weight excluding hydrogens is 310 g/mol. The van der Waals surface area contributed by atoms with Gasteiger partial charge in [0.2, 0.25) is 5.88 Å². The second kappa shape index (κ2) is 5.84. The number of nitrogens with zero attached hydrogens (tertiary/aromatic N) is 1. The van der Waals surface area contributed by atoms with Crippen molar-refractivity contribution in [1.29, 1.82) is 0 Å². The molecule has 1 aromatic carbocycles. The van der Waals surface area contributed by atoms with Crippen LogP contribution in [0.15, 0.2) is 40.9 Å². The predicted molar refractivity (Wildman–Crippen MR) is 74.8 cm³/mol. The lowest BCUT2D eigenvalue weighted by Gasteiger charge is -2.07. The SMILES string of the molecule is CCc1cc(C(=O)O)cc(Oc2ccc(Br)cc2)n1. The number of carbonyl (C=O) groups is 1. The minimum Gasteiger partial charge on any atom is -0.478 e. The van der Waals surface area contributed by atoms with E-state index in [1.165, 1.54) is 6.07 Å². The Labute approximate surface area is 119 Å². The molecule has 4 nitrogen and oxygen atoms in total. The van der Waals surface area contributed by atoms with Crippen molar-refractivity contribution in [3.63, 3.8) is 0 Å². The third-order valence-electron chi connectivity index (χ3n) is 2.50. The Balaban J connectivity index is 2.31. The fourth-order valence-electron chi connectivity index (χ4n) is 1.54. The van der Waals surface area contributed by atoms with E-state index in [1.54, 1.807) is 18.2 Å². The van der Waals surface area contributed by atoms with Gasteiger partial charge in [0, 0.05) is 16.2 Å². The van der Waals surface area contributed by atoms with Crippen LogP contribution in [0.25, 0.3) is 0 Å². The van der Waals surface area contributed by atoms with Crippen LogP contribution in [-0.2, 0) is 6.42 Å². The van der Waals surface area contributed by atoms with E-state index < -0.39 is 5.97 Å². The summed E-state index contributed by atoms with van der Waals surface area (Å²) in [5, 5.41) is 9.04. The summed E-state index contributed by atoms with van der Waals surface area (Å²) in [4.78, 5) is 15.3. The van der Waals surface area contributed by atoms with Gasteiger partial charge < -0.3 is 9.84 Å². The van der Waals surface area contributed by atoms with Crippen LogP contribution in [0.5, 0.6) is 11.6 Å². The second-order valence-corrected chi connectivity index (χ2v) is 4.82. The van der Waals surface area contributed by atoms with Crippen molar-refractivity contribution in [1.82, 2.24) is 4.98 Å².